The number of aryl methyl sites for hydroxylation is 4. The highest BCUT2D eigenvalue weighted by molar-refractivity contribution is 5.87. The molecule has 2 rings (SSSR count). The first-order chi connectivity index (χ1) is 21.4. The number of ether oxygens (including phenoxy) is 6. The molecule has 0 fully saturated rings. The molecule has 8 nitrogen and oxygen atoms in total. The zero-order valence-corrected chi connectivity index (χ0v) is 28.5. The maximum Gasteiger partial charge on any atom is 0.333 e. The van der Waals surface area contributed by atoms with Crippen molar-refractivity contribution in [1.82, 2.24) is 0 Å². The third kappa shape index (κ3) is 19.5. The lowest BCUT2D eigenvalue weighted by atomic mass is 9.97. The Kier molecular flexibility index (Phi) is 32.3. The Morgan fingerprint density at radius 3 is 1.12 bits per heavy atom. The molecular formula is C43H76O8. The standard InChI is InChI=1S/C37H52O8.6CH4/c1-11-30(20-42-36(38)24(3)4)18-40-22-44-34-26(7)13-32(14-27(34)8)17-33-15-28(9)35(29(10)16-33)45-23-41-19-31(12-2)21-43-37(39)25(5)6;;;;;;/h13-16,30-31H,3,5,11-12,17-23H2,1-2,4,6-10H3;6*1H4. The lowest BCUT2D eigenvalue weighted by molar-refractivity contribution is -0.142. The van der Waals surface area contributed by atoms with Crippen molar-refractivity contribution in [3.8, 4) is 11.5 Å². The van der Waals surface area contributed by atoms with Crippen LogP contribution < -0.4 is 9.47 Å². The van der Waals surface area contributed by atoms with Gasteiger partial charge in [0.1, 0.15) is 11.5 Å². The van der Waals surface area contributed by atoms with Gasteiger partial charge in [-0.15, -0.1) is 0 Å². The van der Waals surface area contributed by atoms with E-state index < -0.39 is 0 Å². The summed E-state index contributed by atoms with van der Waals surface area (Å²) in [7, 11) is 0. The molecule has 0 aliphatic rings. The van der Waals surface area contributed by atoms with Crippen LogP contribution in [0.5, 0.6) is 11.5 Å². The van der Waals surface area contributed by atoms with Crippen LogP contribution in [0.1, 0.15) is 118 Å². The normalized spacial score (nSPS) is 10.8. The van der Waals surface area contributed by atoms with Crippen LogP contribution in [0, 0.1) is 39.5 Å². The fourth-order valence-electron chi connectivity index (χ4n) is 4.81. The van der Waals surface area contributed by atoms with E-state index in [0.29, 0.717) is 37.6 Å². The Bertz CT molecular complexity index is 1170. The third-order valence-electron chi connectivity index (χ3n) is 7.48. The third-order valence-corrected chi connectivity index (χ3v) is 7.48. The van der Waals surface area contributed by atoms with E-state index >= 15 is 0 Å². The van der Waals surface area contributed by atoms with Crippen LogP contribution in [0.25, 0.3) is 0 Å². The number of esters is 2. The molecule has 0 aliphatic carbocycles. The SMILES string of the molecule is C.C.C.C.C.C.C=C(C)C(=O)OCC(CC)COCOc1c(C)cc(Cc2cc(C)c(OCOCC(CC)COC(=O)C(=C)C)c(C)c2)cc1C. The van der Waals surface area contributed by atoms with Gasteiger partial charge in [-0.1, -0.05) is 95.8 Å². The van der Waals surface area contributed by atoms with E-state index in [4.69, 9.17) is 28.4 Å². The summed E-state index contributed by atoms with van der Waals surface area (Å²) in [5.41, 5.74) is 7.33. The van der Waals surface area contributed by atoms with Crippen molar-refractivity contribution in [2.45, 2.75) is 119 Å². The smallest absolute Gasteiger partial charge is 0.333 e. The highest BCUT2D eigenvalue weighted by Gasteiger charge is 2.15. The Labute approximate surface area is 313 Å². The predicted octanol–water partition coefficient (Wildman–Crippen LogP) is 11.3. The van der Waals surface area contributed by atoms with Crippen molar-refractivity contribution in [1.29, 1.82) is 0 Å². The summed E-state index contributed by atoms with van der Waals surface area (Å²) >= 11 is 0. The van der Waals surface area contributed by atoms with E-state index in [-0.39, 0.29) is 81.9 Å². The fraction of sp³-hybridized carbons (Fsp3) is 0.581. The van der Waals surface area contributed by atoms with E-state index in [1.165, 1.54) is 11.1 Å². The van der Waals surface area contributed by atoms with Crippen LogP contribution in [0.3, 0.4) is 0 Å². The molecule has 296 valence electrons. The number of benzene rings is 2. The highest BCUT2D eigenvalue weighted by Crippen LogP contribution is 2.29. The van der Waals surface area contributed by atoms with Crippen molar-refractivity contribution in [2.75, 3.05) is 40.0 Å². The molecule has 0 radical (unpaired) electrons. The van der Waals surface area contributed by atoms with Gasteiger partial charge in [0.15, 0.2) is 13.6 Å². The molecule has 0 bridgehead atoms. The van der Waals surface area contributed by atoms with Gasteiger partial charge in [0.2, 0.25) is 0 Å². The molecule has 0 heterocycles. The monoisotopic (exact) mass is 721 g/mol. The number of rotatable bonds is 20. The summed E-state index contributed by atoms with van der Waals surface area (Å²) in [5, 5.41) is 0. The van der Waals surface area contributed by atoms with Crippen LogP contribution in [0.2, 0.25) is 0 Å². The first kappa shape index (κ1) is 56.7. The number of carbonyl (C=O) groups excluding carboxylic acids is 2. The van der Waals surface area contributed by atoms with Gasteiger partial charge in [-0.25, -0.2) is 9.59 Å². The van der Waals surface area contributed by atoms with Crippen LogP contribution in [-0.4, -0.2) is 52.0 Å². The molecule has 0 N–H and O–H groups in total. The summed E-state index contributed by atoms with van der Waals surface area (Å²) in [6.07, 6.45) is 2.43. The average molecular weight is 721 g/mol. The molecule has 0 saturated heterocycles. The molecule has 2 aromatic carbocycles. The van der Waals surface area contributed by atoms with E-state index in [2.05, 4.69) is 37.4 Å². The molecule has 2 atom stereocenters. The largest absolute Gasteiger partial charge is 0.467 e. The maximum absolute atomic E-state index is 11.7. The molecule has 2 unspecified atom stereocenters. The molecule has 2 aromatic rings. The van der Waals surface area contributed by atoms with Crippen molar-refractivity contribution in [3.63, 3.8) is 0 Å². The van der Waals surface area contributed by atoms with Crippen molar-refractivity contribution in [2.24, 2.45) is 11.8 Å². The lowest BCUT2D eigenvalue weighted by Crippen LogP contribution is -2.20. The van der Waals surface area contributed by atoms with Gasteiger partial charge < -0.3 is 28.4 Å². The molecular weight excluding hydrogens is 644 g/mol. The van der Waals surface area contributed by atoms with Gasteiger partial charge in [0.25, 0.3) is 0 Å². The van der Waals surface area contributed by atoms with Crippen molar-refractivity contribution < 1.29 is 38.0 Å². The van der Waals surface area contributed by atoms with Gasteiger partial charge in [0, 0.05) is 23.0 Å². The Balaban J connectivity index is -0.00000118. The van der Waals surface area contributed by atoms with E-state index in [1.54, 1.807) is 13.8 Å². The number of carbonyl (C=O) groups is 2. The highest BCUT2D eigenvalue weighted by atomic mass is 16.7. The van der Waals surface area contributed by atoms with Crippen LogP contribution >= 0.6 is 0 Å². The molecule has 0 saturated carbocycles. The second-order valence-corrected chi connectivity index (χ2v) is 11.9. The van der Waals surface area contributed by atoms with Crippen molar-refractivity contribution in [3.05, 3.63) is 82.0 Å². The van der Waals surface area contributed by atoms with Crippen LogP contribution in [0.15, 0.2) is 48.6 Å². The summed E-state index contributed by atoms with van der Waals surface area (Å²) in [6.45, 7) is 24.4. The van der Waals surface area contributed by atoms with E-state index in [9.17, 15) is 9.59 Å². The van der Waals surface area contributed by atoms with Crippen LogP contribution in [0.4, 0.5) is 0 Å². The minimum atomic E-state index is -0.380. The zero-order valence-electron chi connectivity index (χ0n) is 28.5. The molecule has 0 amide bonds. The number of hydrogen-bond acceptors (Lipinski definition) is 8. The van der Waals surface area contributed by atoms with Gasteiger partial charge in [-0.3, -0.25) is 0 Å². The molecule has 0 spiro atoms. The molecule has 0 aliphatic heterocycles. The average Bonchev–Trinajstić information content (AvgIpc) is 2.98. The van der Waals surface area contributed by atoms with Crippen LogP contribution in [-0.2, 0) is 35.0 Å². The van der Waals surface area contributed by atoms with Gasteiger partial charge in [0.05, 0.1) is 26.4 Å². The van der Waals surface area contributed by atoms with Gasteiger partial charge in [-0.2, -0.15) is 0 Å². The minimum Gasteiger partial charge on any atom is -0.467 e. The lowest BCUT2D eigenvalue weighted by Gasteiger charge is -2.18. The van der Waals surface area contributed by atoms with E-state index in [0.717, 1.165) is 53.0 Å². The molecule has 51 heavy (non-hydrogen) atoms. The summed E-state index contributed by atoms with van der Waals surface area (Å²) in [5.74, 6) is 1.06. The summed E-state index contributed by atoms with van der Waals surface area (Å²) in [4.78, 5) is 23.3. The Hall–Kier alpha value is -3.62. The summed E-state index contributed by atoms with van der Waals surface area (Å²) < 4.78 is 34.0. The number of hydrogen-bond donors (Lipinski definition) is 0. The first-order valence-electron chi connectivity index (χ1n) is 15.6. The predicted molar refractivity (Wildman–Crippen MR) is 217 cm³/mol. The van der Waals surface area contributed by atoms with Gasteiger partial charge >= 0.3 is 11.9 Å². The fourth-order valence-corrected chi connectivity index (χ4v) is 4.81. The van der Waals surface area contributed by atoms with Crippen molar-refractivity contribution >= 4 is 11.9 Å². The van der Waals surface area contributed by atoms with E-state index in [1.807, 2.05) is 41.5 Å². The Morgan fingerprint density at radius 1 is 0.569 bits per heavy atom. The zero-order chi connectivity index (χ0) is 33.5. The first-order valence-corrected chi connectivity index (χ1v) is 15.6. The second-order valence-electron chi connectivity index (χ2n) is 11.9. The molecule has 0 aromatic heterocycles. The maximum atomic E-state index is 11.7. The second kappa shape index (κ2) is 29.0. The quantitative estimate of drug-likeness (QED) is 0.0578. The Morgan fingerprint density at radius 2 is 0.863 bits per heavy atom. The van der Waals surface area contributed by atoms with Gasteiger partial charge in [-0.05, 0) is 94.2 Å². The topological polar surface area (TPSA) is 89.5 Å². The minimum absolute atomic E-state index is 0. The molecule has 8 heteroatoms. The summed E-state index contributed by atoms with van der Waals surface area (Å²) in [6, 6.07) is 8.59.